The Morgan fingerprint density at radius 1 is 0.963 bits per heavy atom. The van der Waals surface area contributed by atoms with Crippen molar-refractivity contribution in [2.45, 2.75) is 6.42 Å². The van der Waals surface area contributed by atoms with E-state index in [1.807, 2.05) is 66.0 Å². The molecule has 0 saturated heterocycles. The van der Waals surface area contributed by atoms with E-state index in [2.05, 4.69) is 17.1 Å². The monoisotopic (exact) mass is 367 g/mol. The van der Waals surface area contributed by atoms with Crippen LogP contribution in [0.2, 0.25) is 0 Å². The van der Waals surface area contributed by atoms with Crippen LogP contribution in [0.4, 0.5) is 0 Å². The molecular weight excluding hydrogens is 354 g/mol. The summed E-state index contributed by atoms with van der Waals surface area (Å²) in [6.45, 7) is 0. The second-order valence-electron chi connectivity index (χ2n) is 5.76. The van der Waals surface area contributed by atoms with Crippen LogP contribution in [-0.4, -0.2) is 14.8 Å². The van der Waals surface area contributed by atoms with Crippen molar-refractivity contribution in [2.75, 3.05) is 0 Å². The quantitative estimate of drug-likeness (QED) is 0.528. The van der Waals surface area contributed by atoms with E-state index in [1.54, 1.807) is 4.68 Å². The van der Waals surface area contributed by atoms with Gasteiger partial charge in [-0.15, -0.1) is 11.3 Å². The Morgan fingerprint density at radius 3 is 2.33 bits per heavy atom. The number of aromatic nitrogens is 3. The average molecular weight is 367 g/mol. The molecule has 0 N–H and O–H groups in total. The molecule has 0 aliphatic carbocycles. The Morgan fingerprint density at radius 2 is 1.67 bits per heavy atom. The van der Waals surface area contributed by atoms with Gasteiger partial charge in [0.15, 0.2) is 0 Å². The van der Waals surface area contributed by atoms with Crippen molar-refractivity contribution in [2.24, 2.45) is 0 Å². The van der Waals surface area contributed by atoms with Crippen molar-refractivity contribution >= 4 is 11.3 Å². The van der Waals surface area contributed by atoms with Gasteiger partial charge in [-0.3, -0.25) is 0 Å². The summed E-state index contributed by atoms with van der Waals surface area (Å²) in [5.74, 6) is 0. The molecule has 0 spiro atoms. The molecule has 0 saturated carbocycles. The van der Waals surface area contributed by atoms with Gasteiger partial charge in [-0.1, -0.05) is 48.5 Å². The fourth-order valence-electron chi connectivity index (χ4n) is 2.89. The number of nitrogens with zero attached hydrogens (tertiary/aromatic N) is 5. The highest BCUT2D eigenvalue weighted by Crippen LogP contribution is 2.34. The third-order valence-electron chi connectivity index (χ3n) is 4.07. The number of thiazole rings is 1. The first kappa shape index (κ1) is 16.7. The largest absolute Gasteiger partial charge is 0.238 e. The minimum atomic E-state index is 0.248. The summed E-state index contributed by atoms with van der Waals surface area (Å²) in [5.41, 5.74) is 4.12. The number of hydrogen-bond acceptors (Lipinski definition) is 5. The smallest absolute Gasteiger partial charge is 0.130 e. The highest BCUT2D eigenvalue weighted by atomic mass is 32.1. The third-order valence-corrected chi connectivity index (χ3v) is 4.92. The van der Waals surface area contributed by atoms with Crippen LogP contribution in [0.25, 0.3) is 28.3 Å². The maximum Gasteiger partial charge on any atom is 0.130 e. The van der Waals surface area contributed by atoms with Gasteiger partial charge in [-0.05, 0) is 12.1 Å². The second kappa shape index (κ2) is 7.25. The van der Waals surface area contributed by atoms with Gasteiger partial charge in [-0.2, -0.15) is 15.6 Å². The Balaban J connectivity index is 1.97. The fourth-order valence-corrected chi connectivity index (χ4v) is 3.60. The molecule has 128 valence electrons. The summed E-state index contributed by atoms with van der Waals surface area (Å²) in [6.07, 6.45) is 0.248. The van der Waals surface area contributed by atoms with Crippen LogP contribution in [0.3, 0.4) is 0 Å². The van der Waals surface area contributed by atoms with E-state index < -0.39 is 0 Å². The molecule has 0 bridgehead atoms. The number of nitriles is 2. The predicted molar refractivity (Wildman–Crippen MR) is 104 cm³/mol. The first-order valence-corrected chi connectivity index (χ1v) is 9.15. The maximum absolute atomic E-state index is 9.91. The van der Waals surface area contributed by atoms with Crippen LogP contribution >= 0.6 is 11.3 Å². The van der Waals surface area contributed by atoms with Gasteiger partial charge in [0, 0.05) is 10.9 Å². The summed E-state index contributed by atoms with van der Waals surface area (Å²) in [7, 11) is 0. The molecule has 4 rings (SSSR count). The Bertz CT molecular complexity index is 1160. The van der Waals surface area contributed by atoms with Crippen LogP contribution in [0, 0.1) is 22.7 Å². The van der Waals surface area contributed by atoms with Crippen LogP contribution in [-0.2, 0) is 6.42 Å². The molecule has 0 radical (unpaired) electrons. The van der Waals surface area contributed by atoms with Crippen LogP contribution in [0.1, 0.15) is 10.6 Å². The van der Waals surface area contributed by atoms with E-state index in [0.29, 0.717) is 22.0 Å². The van der Waals surface area contributed by atoms with Crippen molar-refractivity contribution in [1.82, 2.24) is 14.8 Å². The lowest BCUT2D eigenvalue weighted by molar-refractivity contribution is 0.890. The molecule has 0 atom stereocenters. The molecular formula is C21H13N5S. The van der Waals surface area contributed by atoms with Crippen molar-refractivity contribution in [1.29, 1.82) is 10.5 Å². The molecule has 0 aliphatic rings. The minimum absolute atomic E-state index is 0.248. The Hall–Kier alpha value is -3.74. The van der Waals surface area contributed by atoms with Crippen molar-refractivity contribution in [3.8, 4) is 40.5 Å². The van der Waals surface area contributed by atoms with Crippen LogP contribution in [0.15, 0.2) is 66.0 Å². The van der Waals surface area contributed by atoms with Gasteiger partial charge < -0.3 is 0 Å². The maximum atomic E-state index is 9.91. The first-order chi connectivity index (χ1) is 13.3. The topological polar surface area (TPSA) is 78.3 Å². The van der Waals surface area contributed by atoms with E-state index in [4.69, 9.17) is 10.4 Å². The van der Waals surface area contributed by atoms with Crippen LogP contribution < -0.4 is 0 Å². The predicted octanol–water partition coefficient (Wildman–Crippen LogP) is 4.60. The lowest BCUT2D eigenvalue weighted by Crippen LogP contribution is -1.99. The number of rotatable bonds is 4. The summed E-state index contributed by atoms with van der Waals surface area (Å²) in [4.78, 5) is 4.49. The van der Waals surface area contributed by atoms with Gasteiger partial charge in [-0.25, -0.2) is 9.67 Å². The molecule has 27 heavy (non-hydrogen) atoms. The zero-order valence-corrected chi connectivity index (χ0v) is 15.0. The summed E-state index contributed by atoms with van der Waals surface area (Å²) < 4.78 is 1.78. The molecule has 0 fully saturated rings. The van der Waals surface area contributed by atoms with Gasteiger partial charge in [0.05, 0.1) is 23.9 Å². The van der Waals surface area contributed by atoms with Crippen molar-refractivity contribution < 1.29 is 0 Å². The van der Waals surface area contributed by atoms with Gasteiger partial charge in [0.25, 0.3) is 0 Å². The van der Waals surface area contributed by atoms with E-state index in [1.165, 1.54) is 11.3 Å². The molecule has 0 unspecified atom stereocenters. The average Bonchev–Trinajstić information content (AvgIpc) is 3.34. The lowest BCUT2D eigenvalue weighted by Gasteiger charge is -2.07. The molecule has 2 aromatic carbocycles. The molecule has 5 nitrogen and oxygen atoms in total. The minimum Gasteiger partial charge on any atom is -0.238 e. The fraction of sp³-hybridized carbons (Fsp3) is 0.0476. The highest BCUT2D eigenvalue weighted by molar-refractivity contribution is 7.10. The summed E-state index contributed by atoms with van der Waals surface area (Å²) >= 11 is 1.40. The molecule has 0 aliphatic heterocycles. The summed E-state index contributed by atoms with van der Waals surface area (Å²) in [6, 6.07) is 23.9. The highest BCUT2D eigenvalue weighted by Gasteiger charge is 2.23. The normalized spacial score (nSPS) is 10.3. The second-order valence-corrected chi connectivity index (χ2v) is 6.70. The summed E-state index contributed by atoms with van der Waals surface area (Å²) in [5, 5.41) is 26.1. The van der Waals surface area contributed by atoms with Gasteiger partial charge in [0.2, 0.25) is 0 Å². The SMILES string of the molecule is N#CCc1nc(-c2nn(-c3ccccc3)c(-c3ccccc3)c2C#N)cs1. The molecule has 2 aromatic heterocycles. The zero-order valence-electron chi connectivity index (χ0n) is 14.2. The van der Waals surface area contributed by atoms with E-state index in [-0.39, 0.29) is 6.42 Å². The Labute approximate surface area is 160 Å². The number of hydrogen-bond donors (Lipinski definition) is 0. The number of para-hydroxylation sites is 1. The Kier molecular flexibility index (Phi) is 4.49. The van der Waals surface area contributed by atoms with E-state index in [0.717, 1.165) is 16.9 Å². The van der Waals surface area contributed by atoms with Crippen LogP contribution in [0.5, 0.6) is 0 Å². The third kappa shape index (κ3) is 3.10. The molecule has 2 heterocycles. The van der Waals surface area contributed by atoms with Crippen molar-refractivity contribution in [3.05, 3.63) is 76.6 Å². The van der Waals surface area contributed by atoms with Gasteiger partial charge >= 0.3 is 0 Å². The number of benzene rings is 2. The zero-order chi connectivity index (χ0) is 18.6. The molecule has 4 aromatic rings. The van der Waals surface area contributed by atoms with Crippen molar-refractivity contribution in [3.63, 3.8) is 0 Å². The lowest BCUT2D eigenvalue weighted by atomic mass is 10.1. The molecule has 0 amide bonds. The van der Waals surface area contributed by atoms with Gasteiger partial charge in [0.1, 0.15) is 28.0 Å². The van der Waals surface area contributed by atoms with E-state index >= 15 is 0 Å². The molecule has 6 heteroatoms. The van der Waals surface area contributed by atoms with E-state index in [9.17, 15) is 5.26 Å². The standard InChI is InChI=1S/C21H13N5S/c22-12-11-19-24-18(14-27-19)20-17(13-23)21(15-7-3-1-4-8-15)26(25-20)16-9-5-2-6-10-16/h1-10,14H,11H2. The first-order valence-electron chi connectivity index (χ1n) is 8.27.